The first-order valence-corrected chi connectivity index (χ1v) is 4.31. The summed E-state index contributed by atoms with van der Waals surface area (Å²) in [4.78, 5) is 28.1. The van der Waals surface area contributed by atoms with Crippen LogP contribution in [0.1, 0.15) is 41.7 Å². The molecule has 1 aromatic heterocycles. The smallest absolute Gasteiger partial charge is 0.357 e. The van der Waals surface area contributed by atoms with E-state index >= 15 is 0 Å². The van der Waals surface area contributed by atoms with Crippen molar-refractivity contribution < 1.29 is 19.4 Å². The number of esters is 1. The van der Waals surface area contributed by atoms with Crippen molar-refractivity contribution in [3.63, 3.8) is 0 Å². The molecular formula is C9H12N2O4. The lowest BCUT2D eigenvalue weighted by Gasteiger charge is -2.18. The van der Waals surface area contributed by atoms with Gasteiger partial charge in [-0.3, -0.25) is 0 Å². The number of aromatic nitrogens is 2. The van der Waals surface area contributed by atoms with Gasteiger partial charge in [0.05, 0.1) is 6.33 Å². The van der Waals surface area contributed by atoms with E-state index in [1.54, 1.807) is 20.8 Å². The summed E-state index contributed by atoms with van der Waals surface area (Å²) in [7, 11) is 0. The summed E-state index contributed by atoms with van der Waals surface area (Å²) in [5, 5.41) is 8.71. The van der Waals surface area contributed by atoms with Crippen LogP contribution in [0.3, 0.4) is 0 Å². The molecule has 82 valence electrons. The maximum Gasteiger partial charge on any atom is 0.357 e. The highest BCUT2D eigenvalue weighted by Gasteiger charge is 2.24. The molecule has 1 aromatic rings. The number of hydrogen-bond acceptors (Lipinski definition) is 4. The molecule has 0 amide bonds. The average Bonchev–Trinajstić information content (AvgIpc) is 2.47. The van der Waals surface area contributed by atoms with Crippen LogP contribution in [-0.2, 0) is 4.74 Å². The van der Waals surface area contributed by atoms with Crippen molar-refractivity contribution in [1.29, 1.82) is 0 Å². The number of hydrogen-bond donors (Lipinski definition) is 2. The van der Waals surface area contributed by atoms with Gasteiger partial charge in [-0.1, -0.05) is 0 Å². The number of carbonyl (C=O) groups excluding carboxylic acids is 1. The Morgan fingerprint density at radius 2 is 2.07 bits per heavy atom. The molecule has 6 nitrogen and oxygen atoms in total. The summed E-state index contributed by atoms with van der Waals surface area (Å²) >= 11 is 0. The van der Waals surface area contributed by atoms with Crippen molar-refractivity contribution >= 4 is 11.9 Å². The number of imidazole rings is 1. The number of nitrogens with one attached hydrogen (secondary N) is 1. The van der Waals surface area contributed by atoms with Crippen LogP contribution in [0.25, 0.3) is 0 Å². The molecule has 0 spiro atoms. The first-order chi connectivity index (χ1) is 6.81. The lowest BCUT2D eigenvalue weighted by molar-refractivity contribution is 0.00596. The van der Waals surface area contributed by atoms with E-state index < -0.39 is 17.5 Å². The largest absolute Gasteiger partial charge is 0.476 e. The van der Waals surface area contributed by atoms with Gasteiger partial charge in [-0.15, -0.1) is 0 Å². The second-order valence-electron chi connectivity index (χ2n) is 3.93. The summed E-state index contributed by atoms with van der Waals surface area (Å²) in [6.45, 7) is 5.09. The molecule has 0 aliphatic carbocycles. The number of H-pyrrole nitrogens is 1. The summed E-state index contributed by atoms with van der Waals surface area (Å²) in [5.74, 6) is -1.99. The second-order valence-corrected chi connectivity index (χ2v) is 3.93. The summed E-state index contributed by atoms with van der Waals surface area (Å²) in [6, 6.07) is 0. The van der Waals surface area contributed by atoms with Crippen LogP contribution in [0.15, 0.2) is 6.33 Å². The third-order valence-electron chi connectivity index (χ3n) is 1.44. The van der Waals surface area contributed by atoms with Gasteiger partial charge >= 0.3 is 11.9 Å². The maximum absolute atomic E-state index is 11.5. The molecule has 1 rings (SSSR count). The molecule has 0 unspecified atom stereocenters. The van der Waals surface area contributed by atoms with Crippen LogP contribution < -0.4 is 0 Å². The van der Waals surface area contributed by atoms with E-state index in [0.29, 0.717) is 0 Å². The molecule has 0 aliphatic rings. The Kier molecular flexibility index (Phi) is 2.78. The SMILES string of the molecule is CC(C)(C)OC(=O)c1[nH]cnc1C(=O)O. The fraction of sp³-hybridized carbons (Fsp3) is 0.444. The summed E-state index contributed by atoms with van der Waals surface area (Å²) < 4.78 is 5.00. The highest BCUT2D eigenvalue weighted by molar-refractivity contribution is 5.99. The average molecular weight is 212 g/mol. The first kappa shape index (κ1) is 11.2. The van der Waals surface area contributed by atoms with E-state index in [4.69, 9.17) is 9.84 Å². The van der Waals surface area contributed by atoms with Crippen molar-refractivity contribution in [2.75, 3.05) is 0 Å². The van der Waals surface area contributed by atoms with E-state index in [9.17, 15) is 9.59 Å². The van der Waals surface area contributed by atoms with Crippen LogP contribution in [0.5, 0.6) is 0 Å². The number of ether oxygens (including phenoxy) is 1. The van der Waals surface area contributed by atoms with Gasteiger partial charge in [0.15, 0.2) is 11.4 Å². The Morgan fingerprint density at radius 3 is 2.53 bits per heavy atom. The molecule has 0 fully saturated rings. The van der Waals surface area contributed by atoms with Crippen molar-refractivity contribution in [1.82, 2.24) is 9.97 Å². The lowest BCUT2D eigenvalue weighted by atomic mass is 10.2. The van der Waals surface area contributed by atoms with Gasteiger partial charge in [0.25, 0.3) is 0 Å². The van der Waals surface area contributed by atoms with E-state index in [1.165, 1.54) is 0 Å². The van der Waals surface area contributed by atoms with Crippen LogP contribution in [-0.4, -0.2) is 32.6 Å². The topological polar surface area (TPSA) is 92.3 Å². The zero-order valence-electron chi connectivity index (χ0n) is 8.70. The third-order valence-corrected chi connectivity index (χ3v) is 1.44. The molecule has 1 heterocycles. The molecular weight excluding hydrogens is 200 g/mol. The van der Waals surface area contributed by atoms with Gasteiger partial charge in [0.2, 0.25) is 0 Å². The van der Waals surface area contributed by atoms with Crippen LogP contribution in [0.4, 0.5) is 0 Å². The standard InChI is InChI=1S/C9H12N2O4/c1-9(2,3)15-8(14)6-5(7(12)13)10-4-11-6/h4H,1-3H3,(H,10,11)(H,12,13). The van der Waals surface area contributed by atoms with Gasteiger partial charge < -0.3 is 14.8 Å². The maximum atomic E-state index is 11.5. The van der Waals surface area contributed by atoms with Crippen molar-refractivity contribution in [3.05, 3.63) is 17.7 Å². The Balaban J connectivity index is 2.92. The third kappa shape index (κ3) is 2.80. The quantitative estimate of drug-likeness (QED) is 0.715. The molecule has 15 heavy (non-hydrogen) atoms. The molecule has 0 saturated heterocycles. The number of carboxylic acid groups (broad SMARTS) is 1. The Hall–Kier alpha value is -1.85. The zero-order chi connectivity index (χ0) is 11.6. The fourth-order valence-electron chi connectivity index (χ4n) is 0.941. The minimum Gasteiger partial charge on any atom is -0.476 e. The zero-order valence-corrected chi connectivity index (χ0v) is 8.70. The minimum atomic E-state index is -1.27. The van der Waals surface area contributed by atoms with E-state index in [2.05, 4.69) is 9.97 Å². The van der Waals surface area contributed by atoms with Crippen molar-refractivity contribution in [2.24, 2.45) is 0 Å². The van der Waals surface area contributed by atoms with Crippen LogP contribution in [0, 0.1) is 0 Å². The van der Waals surface area contributed by atoms with Crippen LogP contribution in [0.2, 0.25) is 0 Å². The van der Waals surface area contributed by atoms with Crippen molar-refractivity contribution in [2.45, 2.75) is 26.4 Å². The molecule has 0 saturated carbocycles. The number of rotatable bonds is 2. The van der Waals surface area contributed by atoms with Gasteiger partial charge in [0.1, 0.15) is 5.60 Å². The first-order valence-electron chi connectivity index (χ1n) is 4.31. The highest BCUT2D eigenvalue weighted by atomic mass is 16.6. The predicted octanol–water partition coefficient (Wildman–Crippen LogP) is 1.06. The number of carbonyl (C=O) groups is 2. The number of nitrogens with zero attached hydrogens (tertiary/aromatic N) is 1. The lowest BCUT2D eigenvalue weighted by Crippen LogP contribution is -2.25. The fourth-order valence-corrected chi connectivity index (χ4v) is 0.941. The van der Waals surface area contributed by atoms with E-state index in [0.717, 1.165) is 6.33 Å². The number of aromatic amines is 1. The summed E-state index contributed by atoms with van der Waals surface area (Å²) in [6.07, 6.45) is 1.14. The Bertz CT molecular complexity index is 389. The van der Waals surface area contributed by atoms with Gasteiger partial charge in [0, 0.05) is 0 Å². The highest BCUT2D eigenvalue weighted by Crippen LogP contribution is 2.12. The molecule has 0 aliphatic heterocycles. The molecule has 0 atom stereocenters. The van der Waals surface area contributed by atoms with E-state index in [1.807, 2.05) is 0 Å². The number of carboxylic acids is 1. The predicted molar refractivity (Wildman–Crippen MR) is 50.7 cm³/mol. The molecule has 2 N–H and O–H groups in total. The monoisotopic (exact) mass is 212 g/mol. The molecule has 0 radical (unpaired) electrons. The second kappa shape index (κ2) is 3.72. The van der Waals surface area contributed by atoms with Gasteiger partial charge in [-0.2, -0.15) is 0 Å². The molecule has 0 aromatic carbocycles. The van der Waals surface area contributed by atoms with Gasteiger partial charge in [-0.05, 0) is 20.8 Å². The summed E-state index contributed by atoms with van der Waals surface area (Å²) in [5.41, 5.74) is -1.14. The normalized spacial score (nSPS) is 11.1. The Morgan fingerprint density at radius 1 is 1.47 bits per heavy atom. The van der Waals surface area contributed by atoms with Crippen molar-refractivity contribution in [3.8, 4) is 0 Å². The van der Waals surface area contributed by atoms with Crippen LogP contribution >= 0.6 is 0 Å². The minimum absolute atomic E-state index is 0.141. The Labute approximate surface area is 86.3 Å². The molecule has 0 bridgehead atoms. The number of aromatic carboxylic acids is 1. The van der Waals surface area contributed by atoms with Gasteiger partial charge in [-0.25, -0.2) is 14.6 Å². The molecule has 6 heteroatoms. The van der Waals surface area contributed by atoms with E-state index in [-0.39, 0.29) is 11.4 Å².